The van der Waals surface area contributed by atoms with E-state index in [9.17, 15) is 9.59 Å². The summed E-state index contributed by atoms with van der Waals surface area (Å²) in [6.45, 7) is 0.541. The molecule has 0 radical (unpaired) electrons. The quantitative estimate of drug-likeness (QED) is 0.270. The van der Waals surface area contributed by atoms with Gasteiger partial charge >= 0.3 is 5.97 Å². The molecule has 0 rings (SSSR count). The minimum absolute atomic E-state index is 0.113. The number of hydrogen-bond donors (Lipinski definition) is 1. The summed E-state index contributed by atoms with van der Waals surface area (Å²) in [5.74, 6) is 0.141. The number of hydrogen-bond acceptors (Lipinski definition) is 5. The zero-order chi connectivity index (χ0) is 8.53. The van der Waals surface area contributed by atoms with Gasteiger partial charge in [0.2, 0.25) is 0 Å². The van der Waals surface area contributed by atoms with E-state index < -0.39 is 0 Å². The van der Waals surface area contributed by atoms with Gasteiger partial charge < -0.3 is 9.47 Å². The van der Waals surface area contributed by atoms with Gasteiger partial charge in [-0.3, -0.25) is 9.59 Å². The smallest absolute Gasteiger partial charge is 0.306 e. The number of rotatable bonds is 6. The Balaban J connectivity index is 3.10. The first-order valence-electron chi connectivity index (χ1n) is 3.13. The van der Waals surface area contributed by atoms with Crippen molar-refractivity contribution in [2.24, 2.45) is 0 Å². The van der Waals surface area contributed by atoms with Crippen LogP contribution in [0, 0.1) is 0 Å². The number of carbonyl (C=O) groups excluding carboxylic acids is 2. The average Bonchev–Trinajstić information content (AvgIpc) is 1.99. The van der Waals surface area contributed by atoms with Crippen LogP contribution in [0.5, 0.6) is 0 Å². The minimum atomic E-state index is -0.325. The molecule has 0 aliphatic heterocycles. The van der Waals surface area contributed by atoms with Gasteiger partial charge in [0.15, 0.2) is 0 Å². The van der Waals surface area contributed by atoms with E-state index in [-0.39, 0.29) is 25.6 Å². The van der Waals surface area contributed by atoms with Crippen molar-refractivity contribution in [3.05, 3.63) is 0 Å². The standard InChI is InChI=1S/C6H10O4S/c7-5-9-2-3-10-6(8)1-4-11/h5,11H,1-4H2. The zero-order valence-electron chi connectivity index (χ0n) is 5.99. The summed E-state index contributed by atoms with van der Waals surface area (Å²) in [5, 5.41) is 0. The Morgan fingerprint density at radius 3 is 2.73 bits per heavy atom. The maximum atomic E-state index is 10.6. The van der Waals surface area contributed by atoms with Crippen molar-refractivity contribution in [3.63, 3.8) is 0 Å². The summed E-state index contributed by atoms with van der Waals surface area (Å²) in [5.41, 5.74) is 0. The average molecular weight is 178 g/mol. The molecule has 0 aromatic rings. The van der Waals surface area contributed by atoms with Crippen LogP contribution in [-0.4, -0.2) is 31.4 Å². The van der Waals surface area contributed by atoms with Crippen LogP contribution in [0.25, 0.3) is 0 Å². The lowest BCUT2D eigenvalue weighted by atomic mass is 10.5. The van der Waals surface area contributed by atoms with Gasteiger partial charge in [-0.2, -0.15) is 12.6 Å². The Kier molecular flexibility index (Phi) is 6.92. The van der Waals surface area contributed by atoms with Crippen LogP contribution >= 0.6 is 12.6 Å². The molecule has 5 heteroatoms. The molecule has 0 amide bonds. The van der Waals surface area contributed by atoms with E-state index in [0.29, 0.717) is 12.2 Å². The Morgan fingerprint density at radius 1 is 1.45 bits per heavy atom. The third kappa shape index (κ3) is 7.18. The van der Waals surface area contributed by atoms with Crippen LogP contribution in [0.2, 0.25) is 0 Å². The lowest BCUT2D eigenvalue weighted by Crippen LogP contribution is -2.10. The maximum absolute atomic E-state index is 10.6. The Hall–Kier alpha value is -0.710. The van der Waals surface area contributed by atoms with E-state index in [2.05, 4.69) is 22.1 Å². The Bertz CT molecular complexity index is 126. The summed E-state index contributed by atoms with van der Waals surface area (Å²) < 4.78 is 8.90. The van der Waals surface area contributed by atoms with Crippen LogP contribution in [0.15, 0.2) is 0 Å². The molecule has 4 nitrogen and oxygen atoms in total. The molecule has 0 fully saturated rings. The molecule has 0 aliphatic carbocycles. The van der Waals surface area contributed by atoms with Crippen molar-refractivity contribution in [2.45, 2.75) is 6.42 Å². The number of ether oxygens (including phenoxy) is 2. The predicted octanol–water partition coefficient (Wildman–Crippen LogP) is 0.0225. The van der Waals surface area contributed by atoms with Crippen LogP contribution in [-0.2, 0) is 19.1 Å². The van der Waals surface area contributed by atoms with Crippen molar-refractivity contribution < 1.29 is 19.1 Å². The molecule has 0 heterocycles. The van der Waals surface area contributed by atoms with E-state index in [1.807, 2.05) is 0 Å². The lowest BCUT2D eigenvalue weighted by Gasteiger charge is -2.01. The van der Waals surface area contributed by atoms with Crippen molar-refractivity contribution in [3.8, 4) is 0 Å². The summed E-state index contributed by atoms with van der Waals surface area (Å²) in [4.78, 5) is 20.2. The van der Waals surface area contributed by atoms with Crippen LogP contribution in [0.4, 0.5) is 0 Å². The summed E-state index contributed by atoms with van der Waals surface area (Å²) in [6.07, 6.45) is 0.282. The molecule has 0 N–H and O–H groups in total. The fourth-order valence-electron chi connectivity index (χ4n) is 0.415. The first-order chi connectivity index (χ1) is 5.31. The lowest BCUT2D eigenvalue weighted by molar-refractivity contribution is -0.146. The maximum Gasteiger partial charge on any atom is 0.306 e. The molecule has 0 spiro atoms. The first kappa shape index (κ1) is 10.3. The molecule has 0 aromatic carbocycles. The summed E-state index contributed by atoms with van der Waals surface area (Å²) >= 11 is 3.84. The van der Waals surface area contributed by atoms with Gasteiger partial charge in [0.05, 0.1) is 6.42 Å². The molecule has 0 saturated heterocycles. The second-order valence-corrected chi connectivity index (χ2v) is 2.11. The summed E-state index contributed by atoms with van der Waals surface area (Å²) in [7, 11) is 0. The largest absolute Gasteiger partial charge is 0.464 e. The highest BCUT2D eigenvalue weighted by molar-refractivity contribution is 7.80. The van der Waals surface area contributed by atoms with E-state index in [0.717, 1.165) is 0 Å². The van der Waals surface area contributed by atoms with Gasteiger partial charge in [0.25, 0.3) is 6.47 Å². The van der Waals surface area contributed by atoms with E-state index in [1.54, 1.807) is 0 Å². The molecule has 0 atom stereocenters. The molecule has 0 aliphatic rings. The molecule has 11 heavy (non-hydrogen) atoms. The fraction of sp³-hybridized carbons (Fsp3) is 0.667. The van der Waals surface area contributed by atoms with Crippen molar-refractivity contribution in [1.82, 2.24) is 0 Å². The molecular formula is C6H10O4S. The fourth-order valence-corrected chi connectivity index (χ4v) is 0.598. The van der Waals surface area contributed by atoms with Crippen LogP contribution < -0.4 is 0 Å². The van der Waals surface area contributed by atoms with E-state index in [4.69, 9.17) is 0 Å². The highest BCUT2D eigenvalue weighted by atomic mass is 32.1. The third-order valence-electron chi connectivity index (χ3n) is 0.848. The first-order valence-corrected chi connectivity index (χ1v) is 3.76. The van der Waals surface area contributed by atoms with E-state index >= 15 is 0 Å². The predicted molar refractivity (Wildman–Crippen MR) is 41.4 cm³/mol. The number of carbonyl (C=O) groups is 2. The van der Waals surface area contributed by atoms with Crippen molar-refractivity contribution >= 4 is 25.1 Å². The molecule has 64 valence electrons. The molecule has 0 unspecified atom stereocenters. The van der Waals surface area contributed by atoms with Crippen LogP contribution in [0.3, 0.4) is 0 Å². The van der Waals surface area contributed by atoms with Gasteiger partial charge in [-0.25, -0.2) is 0 Å². The second kappa shape index (κ2) is 7.40. The Morgan fingerprint density at radius 2 is 2.18 bits per heavy atom. The van der Waals surface area contributed by atoms with Gasteiger partial charge in [0.1, 0.15) is 13.2 Å². The molecule has 0 saturated carbocycles. The molecule has 0 bridgehead atoms. The van der Waals surface area contributed by atoms with Crippen molar-refractivity contribution in [1.29, 1.82) is 0 Å². The number of thiol groups is 1. The minimum Gasteiger partial charge on any atom is -0.464 e. The van der Waals surface area contributed by atoms with Crippen LogP contribution in [0.1, 0.15) is 6.42 Å². The normalized spacial score (nSPS) is 8.82. The SMILES string of the molecule is O=COCCOC(=O)CCS. The molecular weight excluding hydrogens is 168 g/mol. The van der Waals surface area contributed by atoms with Crippen molar-refractivity contribution in [2.75, 3.05) is 19.0 Å². The van der Waals surface area contributed by atoms with E-state index in [1.165, 1.54) is 0 Å². The molecule has 0 aromatic heterocycles. The monoisotopic (exact) mass is 178 g/mol. The summed E-state index contributed by atoms with van der Waals surface area (Å²) in [6, 6.07) is 0. The Labute approximate surface area is 70.3 Å². The highest BCUT2D eigenvalue weighted by Crippen LogP contribution is 1.88. The van der Waals surface area contributed by atoms with Gasteiger partial charge in [-0.15, -0.1) is 0 Å². The number of esters is 1. The zero-order valence-corrected chi connectivity index (χ0v) is 6.88. The highest BCUT2D eigenvalue weighted by Gasteiger charge is 1.99. The topological polar surface area (TPSA) is 52.6 Å². The third-order valence-corrected chi connectivity index (χ3v) is 1.07. The van der Waals surface area contributed by atoms with Gasteiger partial charge in [-0.1, -0.05) is 0 Å². The van der Waals surface area contributed by atoms with Gasteiger partial charge in [0, 0.05) is 5.75 Å². The van der Waals surface area contributed by atoms with Gasteiger partial charge in [-0.05, 0) is 0 Å². The second-order valence-electron chi connectivity index (χ2n) is 1.66.